The zero-order valence-electron chi connectivity index (χ0n) is 29.5. The lowest BCUT2D eigenvalue weighted by atomic mass is 10.0. The van der Waals surface area contributed by atoms with Crippen LogP contribution in [0.25, 0.3) is 11.2 Å². The van der Waals surface area contributed by atoms with Crippen molar-refractivity contribution in [2.45, 2.75) is 149 Å². The molecule has 47 heavy (non-hydrogen) atoms. The van der Waals surface area contributed by atoms with Crippen molar-refractivity contribution in [3.63, 3.8) is 0 Å². The molecule has 0 aromatic carbocycles. The minimum atomic E-state index is -3.58. The van der Waals surface area contributed by atoms with Crippen LogP contribution in [0.5, 0.6) is 0 Å². The van der Waals surface area contributed by atoms with Crippen molar-refractivity contribution in [1.82, 2.24) is 24.6 Å². The van der Waals surface area contributed by atoms with Crippen molar-refractivity contribution in [2.24, 2.45) is 0 Å². The van der Waals surface area contributed by atoms with Gasteiger partial charge in [0.1, 0.15) is 24.2 Å². The molecule has 2 rings (SSSR count). The molecule has 2 heterocycles. The second kappa shape index (κ2) is 23.8. The van der Waals surface area contributed by atoms with Gasteiger partial charge in [0.15, 0.2) is 11.5 Å². The van der Waals surface area contributed by atoms with Crippen molar-refractivity contribution in [3.05, 3.63) is 12.7 Å². The SMILES string of the molecule is CCCCCCCCCCCCCCCCS(=S)CCO[P@](=O)(CO[C@H](C)Cn1cnc2c(N)ncnc21)N[C@@H](C)C(=O)OC(C)C. The first kappa shape index (κ1) is 41.7. The highest BCUT2D eigenvalue weighted by molar-refractivity contribution is 8.28. The third-order valence-corrected chi connectivity index (χ3v) is 12.1. The molecule has 0 saturated heterocycles. The van der Waals surface area contributed by atoms with Crippen LogP contribution in [0.2, 0.25) is 0 Å². The number of carbonyl (C=O) groups is 1. The van der Waals surface area contributed by atoms with E-state index in [0.29, 0.717) is 29.3 Å². The van der Waals surface area contributed by atoms with E-state index < -0.39 is 19.5 Å². The number of carbonyl (C=O) groups excluding carboxylic acids is 1. The van der Waals surface area contributed by atoms with Gasteiger partial charge in [0.05, 0.1) is 31.7 Å². The lowest BCUT2D eigenvalue weighted by Gasteiger charge is -2.25. The molecule has 4 atom stereocenters. The average molecular weight is 717 g/mol. The fourth-order valence-corrected chi connectivity index (χ4v) is 8.66. The Morgan fingerprint density at radius 2 is 1.53 bits per heavy atom. The Kier molecular flexibility index (Phi) is 21.1. The lowest BCUT2D eigenvalue weighted by Crippen LogP contribution is -2.36. The van der Waals surface area contributed by atoms with E-state index in [1.54, 1.807) is 31.7 Å². The predicted molar refractivity (Wildman–Crippen MR) is 197 cm³/mol. The van der Waals surface area contributed by atoms with Crippen LogP contribution in [-0.4, -0.2) is 68.2 Å². The largest absolute Gasteiger partial charge is 0.462 e. The summed E-state index contributed by atoms with van der Waals surface area (Å²) in [6.45, 7) is 9.89. The number of anilines is 1. The number of imidazole rings is 1. The van der Waals surface area contributed by atoms with Crippen molar-refractivity contribution in [2.75, 3.05) is 30.2 Å². The molecule has 0 aliphatic heterocycles. The molecule has 0 saturated carbocycles. The smallest absolute Gasteiger partial charge is 0.323 e. The van der Waals surface area contributed by atoms with E-state index in [-0.39, 0.29) is 34.6 Å². The Balaban J connectivity index is 1.72. The van der Waals surface area contributed by atoms with Gasteiger partial charge in [-0.05, 0) is 39.9 Å². The molecule has 2 aromatic heterocycles. The number of nitrogen functional groups attached to an aromatic ring is 1. The minimum absolute atomic E-state index is 0.221. The van der Waals surface area contributed by atoms with Gasteiger partial charge in [-0.25, -0.2) is 20.0 Å². The standard InChI is InChI=1S/C33H61N6O5PS2/c1-6-7-8-9-10-11-12-13-14-15-16-17-18-19-21-47(46)22-20-43-45(41,38-29(5)33(40)44-27(2)3)26-42-28(4)23-39-25-37-30-31(34)35-24-36-32(30)39/h24-25,27-29H,6-23,26H2,1-5H3,(H,38,41)(H2,34,35,36)/t28-,29+,45-,47?/m1/s1. The van der Waals surface area contributed by atoms with E-state index in [0.717, 1.165) is 12.2 Å². The number of ether oxygens (including phenoxy) is 2. The summed E-state index contributed by atoms with van der Waals surface area (Å²) in [6, 6.07) is -0.836. The molecule has 0 aliphatic carbocycles. The number of nitrogens with one attached hydrogen (secondary N) is 1. The molecule has 0 radical (unpaired) electrons. The first-order valence-electron chi connectivity index (χ1n) is 17.6. The number of aromatic nitrogens is 4. The summed E-state index contributed by atoms with van der Waals surface area (Å²) in [5.41, 5.74) is 7.01. The first-order chi connectivity index (χ1) is 22.5. The summed E-state index contributed by atoms with van der Waals surface area (Å²) in [6.07, 6.45) is 20.7. The summed E-state index contributed by atoms with van der Waals surface area (Å²) in [5, 5.41) is 2.87. The van der Waals surface area contributed by atoms with Gasteiger partial charge >= 0.3 is 5.97 Å². The number of esters is 1. The highest BCUT2D eigenvalue weighted by Crippen LogP contribution is 2.43. The van der Waals surface area contributed by atoms with Crippen molar-refractivity contribution in [3.8, 4) is 0 Å². The Labute approximate surface area is 290 Å². The van der Waals surface area contributed by atoms with Gasteiger partial charge in [-0.3, -0.25) is 9.36 Å². The van der Waals surface area contributed by atoms with Crippen LogP contribution in [-0.2, 0) is 50.5 Å². The Bertz CT molecular complexity index is 1230. The molecule has 0 fully saturated rings. The molecular formula is C33H61N6O5PS2. The summed E-state index contributed by atoms with van der Waals surface area (Å²) >= 11 is 5.72. The number of fused-ring (bicyclic) bond motifs is 1. The van der Waals surface area contributed by atoms with Crippen LogP contribution in [0.15, 0.2) is 12.7 Å². The van der Waals surface area contributed by atoms with Gasteiger partial charge in [-0.1, -0.05) is 102 Å². The molecular weight excluding hydrogens is 656 g/mol. The highest BCUT2D eigenvalue weighted by Gasteiger charge is 2.31. The Morgan fingerprint density at radius 3 is 2.13 bits per heavy atom. The van der Waals surface area contributed by atoms with Gasteiger partial charge in [0.25, 0.3) is 7.52 Å². The van der Waals surface area contributed by atoms with Gasteiger partial charge in [-0.2, -0.15) is 0 Å². The fourth-order valence-electron chi connectivity index (χ4n) is 5.22. The highest BCUT2D eigenvalue weighted by atomic mass is 32.8. The number of unbranched alkanes of at least 4 members (excludes halogenated alkanes) is 13. The number of rotatable bonds is 28. The maximum absolute atomic E-state index is 13.9. The van der Waals surface area contributed by atoms with Crippen LogP contribution in [0.4, 0.5) is 5.82 Å². The van der Waals surface area contributed by atoms with Crippen molar-refractivity contribution in [1.29, 1.82) is 0 Å². The van der Waals surface area contributed by atoms with Crippen LogP contribution in [0.3, 0.4) is 0 Å². The molecule has 0 aliphatic rings. The zero-order valence-corrected chi connectivity index (χ0v) is 32.0. The summed E-state index contributed by atoms with van der Waals surface area (Å²) in [7, 11) is -3.83. The first-order valence-corrected chi connectivity index (χ1v) is 21.9. The van der Waals surface area contributed by atoms with E-state index in [4.69, 9.17) is 30.9 Å². The third-order valence-electron chi connectivity index (χ3n) is 7.84. The van der Waals surface area contributed by atoms with Crippen LogP contribution in [0, 0.1) is 0 Å². The number of hydrogen-bond donors (Lipinski definition) is 2. The number of nitrogens with two attached hydrogens (primary N) is 1. The van der Waals surface area contributed by atoms with Gasteiger partial charge in [0, 0.05) is 5.75 Å². The molecule has 11 nitrogen and oxygen atoms in total. The Hall–Kier alpha value is -1.50. The van der Waals surface area contributed by atoms with Gasteiger partial charge in [0.2, 0.25) is 0 Å². The van der Waals surface area contributed by atoms with Crippen LogP contribution in [0.1, 0.15) is 125 Å². The summed E-state index contributed by atoms with van der Waals surface area (Å²) < 4.78 is 32.9. The lowest BCUT2D eigenvalue weighted by molar-refractivity contribution is -0.149. The second-order valence-corrected chi connectivity index (χ2v) is 18.0. The molecule has 0 spiro atoms. The number of nitrogens with zero attached hydrogens (tertiary/aromatic N) is 4. The van der Waals surface area contributed by atoms with E-state index in [1.165, 1.54) is 89.8 Å². The number of hydrogen-bond acceptors (Lipinski definition) is 10. The van der Waals surface area contributed by atoms with E-state index in [2.05, 4.69) is 27.0 Å². The maximum atomic E-state index is 13.9. The topological polar surface area (TPSA) is 143 Å². The predicted octanol–water partition coefficient (Wildman–Crippen LogP) is 7.47. The van der Waals surface area contributed by atoms with E-state index in [9.17, 15) is 9.36 Å². The summed E-state index contributed by atoms with van der Waals surface area (Å²) in [4.78, 5) is 25.0. The molecule has 3 N–H and O–H groups in total. The molecule has 270 valence electrons. The molecule has 1 unspecified atom stereocenters. The fraction of sp³-hybridized carbons (Fsp3) is 0.818. The van der Waals surface area contributed by atoms with Crippen molar-refractivity contribution >= 4 is 51.1 Å². The van der Waals surface area contributed by atoms with E-state index >= 15 is 0 Å². The normalized spacial score (nSPS) is 15.1. The molecule has 0 bridgehead atoms. The monoisotopic (exact) mass is 716 g/mol. The minimum Gasteiger partial charge on any atom is -0.462 e. The zero-order chi connectivity index (χ0) is 34.5. The maximum Gasteiger partial charge on any atom is 0.323 e. The third kappa shape index (κ3) is 17.6. The van der Waals surface area contributed by atoms with E-state index in [1.807, 2.05) is 6.92 Å². The molecule has 14 heteroatoms. The summed E-state index contributed by atoms with van der Waals surface area (Å²) in [5.74, 6) is 1.39. The Morgan fingerprint density at radius 1 is 0.936 bits per heavy atom. The molecule has 0 amide bonds. The van der Waals surface area contributed by atoms with Crippen molar-refractivity contribution < 1.29 is 23.4 Å². The average Bonchev–Trinajstić information content (AvgIpc) is 3.43. The molecule has 2 aromatic rings. The van der Waals surface area contributed by atoms with Crippen LogP contribution >= 0.6 is 7.52 Å². The van der Waals surface area contributed by atoms with Gasteiger partial charge in [-0.15, -0.1) is 9.45 Å². The second-order valence-electron chi connectivity index (χ2n) is 12.7. The quantitative estimate of drug-likeness (QED) is 0.0514. The van der Waals surface area contributed by atoms with Crippen LogP contribution < -0.4 is 10.8 Å². The van der Waals surface area contributed by atoms with Gasteiger partial charge < -0.3 is 24.3 Å².